The van der Waals surface area contributed by atoms with E-state index in [0.29, 0.717) is 6.04 Å². The average molecular weight is 389 g/mol. The average Bonchev–Trinajstić information content (AvgIpc) is 3.17. The first-order chi connectivity index (χ1) is 14.2. The second-order valence-electron chi connectivity index (χ2n) is 8.23. The zero-order valence-electron chi connectivity index (χ0n) is 16.8. The van der Waals surface area contributed by atoms with E-state index >= 15 is 0 Å². The molecule has 3 aromatic rings. The number of hydrogen-bond acceptors (Lipinski definition) is 4. The molecule has 2 aromatic carbocycles. The molecule has 5 heteroatoms. The molecule has 0 bridgehead atoms. The van der Waals surface area contributed by atoms with Gasteiger partial charge in [-0.3, -0.25) is 4.90 Å². The summed E-state index contributed by atoms with van der Waals surface area (Å²) < 4.78 is 0. The summed E-state index contributed by atoms with van der Waals surface area (Å²) in [5.41, 5.74) is 6.30. The number of aliphatic hydroxyl groups is 1. The minimum absolute atomic E-state index is 0.655. The van der Waals surface area contributed by atoms with Crippen LogP contribution < -0.4 is 10.6 Å². The molecule has 29 heavy (non-hydrogen) atoms. The predicted octanol–water partition coefficient (Wildman–Crippen LogP) is 3.64. The summed E-state index contributed by atoms with van der Waals surface area (Å²) in [7, 11) is 2.23. The lowest BCUT2D eigenvalue weighted by Crippen LogP contribution is -2.40. The summed E-state index contributed by atoms with van der Waals surface area (Å²) in [6.45, 7) is 3.19. The van der Waals surface area contributed by atoms with Crippen molar-refractivity contribution in [2.75, 3.05) is 25.5 Å². The van der Waals surface area contributed by atoms with Crippen molar-refractivity contribution in [1.82, 2.24) is 15.2 Å². The Hall–Kier alpha value is -2.60. The summed E-state index contributed by atoms with van der Waals surface area (Å²) >= 11 is 0. The van der Waals surface area contributed by atoms with Crippen LogP contribution in [0, 0.1) is 0 Å². The minimum atomic E-state index is -0.719. The van der Waals surface area contributed by atoms with Gasteiger partial charge in [-0.2, -0.15) is 0 Å². The van der Waals surface area contributed by atoms with Gasteiger partial charge in [-0.1, -0.05) is 24.3 Å². The SMILES string of the molecule is CN(Cc1ccc2[nH]c(C3=Cc4ccccc4NC3O)cc2c1)C1CCNCC1. The number of aromatic nitrogens is 1. The molecule has 5 rings (SSSR count). The van der Waals surface area contributed by atoms with Crippen LogP contribution in [0.25, 0.3) is 22.6 Å². The molecule has 1 aromatic heterocycles. The first-order valence-corrected chi connectivity index (χ1v) is 10.5. The highest BCUT2D eigenvalue weighted by molar-refractivity contribution is 5.94. The normalized spacial score (nSPS) is 19.8. The molecule has 0 radical (unpaired) electrons. The van der Waals surface area contributed by atoms with Crippen LogP contribution in [-0.4, -0.2) is 47.4 Å². The Morgan fingerprint density at radius 2 is 1.90 bits per heavy atom. The van der Waals surface area contributed by atoms with Crippen molar-refractivity contribution in [2.45, 2.75) is 31.7 Å². The number of hydrogen-bond donors (Lipinski definition) is 4. The molecule has 1 atom stereocenters. The predicted molar refractivity (Wildman–Crippen MR) is 120 cm³/mol. The van der Waals surface area contributed by atoms with E-state index in [4.69, 9.17) is 0 Å². The molecule has 2 aliphatic rings. The number of fused-ring (bicyclic) bond motifs is 2. The van der Waals surface area contributed by atoms with Crippen molar-refractivity contribution in [3.63, 3.8) is 0 Å². The lowest BCUT2D eigenvalue weighted by molar-refractivity contribution is 0.192. The quantitative estimate of drug-likeness (QED) is 0.551. The van der Waals surface area contributed by atoms with Gasteiger partial charge in [0.1, 0.15) is 0 Å². The third-order valence-electron chi connectivity index (χ3n) is 6.22. The number of aromatic amines is 1. The van der Waals surface area contributed by atoms with Crippen molar-refractivity contribution in [2.24, 2.45) is 0 Å². The highest BCUT2D eigenvalue weighted by atomic mass is 16.3. The van der Waals surface area contributed by atoms with Gasteiger partial charge in [-0.15, -0.1) is 0 Å². The van der Waals surface area contributed by atoms with E-state index in [1.165, 1.54) is 23.8 Å². The summed E-state index contributed by atoms with van der Waals surface area (Å²) in [5, 5.41) is 18.4. The van der Waals surface area contributed by atoms with Crippen molar-refractivity contribution < 1.29 is 5.11 Å². The Morgan fingerprint density at radius 1 is 1.07 bits per heavy atom. The third-order valence-corrected chi connectivity index (χ3v) is 6.22. The van der Waals surface area contributed by atoms with Crippen molar-refractivity contribution >= 4 is 28.2 Å². The maximum atomic E-state index is 10.6. The van der Waals surface area contributed by atoms with Crippen LogP contribution in [0.15, 0.2) is 48.5 Å². The molecule has 150 valence electrons. The number of para-hydroxylation sites is 1. The molecule has 1 unspecified atom stereocenters. The van der Waals surface area contributed by atoms with Crippen LogP contribution in [0.4, 0.5) is 5.69 Å². The van der Waals surface area contributed by atoms with Crippen LogP contribution in [0.1, 0.15) is 29.7 Å². The van der Waals surface area contributed by atoms with E-state index in [0.717, 1.165) is 47.7 Å². The summed E-state index contributed by atoms with van der Waals surface area (Å²) in [6.07, 6.45) is 3.78. The van der Waals surface area contributed by atoms with E-state index in [1.807, 2.05) is 18.2 Å². The Balaban J connectivity index is 1.40. The van der Waals surface area contributed by atoms with E-state index in [1.54, 1.807) is 0 Å². The minimum Gasteiger partial charge on any atom is -0.369 e. The van der Waals surface area contributed by atoms with Crippen LogP contribution in [-0.2, 0) is 6.54 Å². The standard InChI is InChI=1S/C24H28N4O/c1-28(19-8-10-25-11-9-19)15-16-6-7-22-18(12-16)14-23(26-22)20-13-17-4-2-3-5-21(17)27-24(20)29/h2-7,12-14,19,24-27,29H,8-11,15H2,1H3. The topological polar surface area (TPSA) is 63.3 Å². The van der Waals surface area contributed by atoms with E-state index in [2.05, 4.69) is 64.0 Å². The molecule has 0 saturated carbocycles. The number of piperidine rings is 1. The second-order valence-corrected chi connectivity index (χ2v) is 8.23. The van der Waals surface area contributed by atoms with Crippen LogP contribution in [0.2, 0.25) is 0 Å². The number of nitrogens with one attached hydrogen (secondary N) is 3. The first-order valence-electron chi connectivity index (χ1n) is 10.5. The molecule has 0 aliphatic carbocycles. The maximum Gasteiger partial charge on any atom is 0.152 e. The molecule has 4 N–H and O–H groups in total. The number of nitrogens with zero attached hydrogens (tertiary/aromatic N) is 1. The van der Waals surface area contributed by atoms with Gasteiger partial charge in [-0.05, 0) is 74.4 Å². The van der Waals surface area contributed by atoms with Crippen LogP contribution in [0.3, 0.4) is 0 Å². The Kier molecular flexibility index (Phi) is 4.87. The van der Waals surface area contributed by atoms with Crippen molar-refractivity contribution in [1.29, 1.82) is 0 Å². The number of rotatable bonds is 4. The Bertz CT molecular complexity index is 1050. The van der Waals surface area contributed by atoms with Gasteiger partial charge >= 0.3 is 0 Å². The lowest BCUT2D eigenvalue weighted by Gasteiger charge is -2.31. The molecule has 1 fully saturated rings. The van der Waals surface area contributed by atoms with Gasteiger partial charge < -0.3 is 20.7 Å². The molecule has 5 nitrogen and oxygen atoms in total. The van der Waals surface area contributed by atoms with E-state index < -0.39 is 6.23 Å². The molecule has 2 aliphatic heterocycles. The number of H-pyrrole nitrogens is 1. The van der Waals surface area contributed by atoms with Gasteiger partial charge in [0.05, 0.1) is 0 Å². The van der Waals surface area contributed by atoms with Crippen LogP contribution in [0.5, 0.6) is 0 Å². The van der Waals surface area contributed by atoms with Crippen molar-refractivity contribution in [3.8, 4) is 0 Å². The third kappa shape index (κ3) is 3.69. The van der Waals surface area contributed by atoms with E-state index in [-0.39, 0.29) is 0 Å². The monoisotopic (exact) mass is 388 g/mol. The zero-order chi connectivity index (χ0) is 19.8. The number of aliphatic hydroxyl groups excluding tert-OH is 1. The van der Waals surface area contributed by atoms with Gasteiger partial charge in [0.15, 0.2) is 6.23 Å². The zero-order valence-corrected chi connectivity index (χ0v) is 16.8. The molecule has 0 amide bonds. The summed E-state index contributed by atoms with van der Waals surface area (Å²) in [6, 6.07) is 17.5. The fourth-order valence-electron chi connectivity index (χ4n) is 4.55. The van der Waals surface area contributed by atoms with Gasteiger partial charge in [0, 0.05) is 40.4 Å². The Morgan fingerprint density at radius 3 is 2.76 bits per heavy atom. The second kappa shape index (κ2) is 7.67. The largest absolute Gasteiger partial charge is 0.369 e. The molecular weight excluding hydrogens is 360 g/mol. The van der Waals surface area contributed by atoms with Gasteiger partial charge in [0.25, 0.3) is 0 Å². The summed E-state index contributed by atoms with van der Waals surface area (Å²) in [4.78, 5) is 5.96. The molecular formula is C24H28N4O. The maximum absolute atomic E-state index is 10.6. The molecule has 1 saturated heterocycles. The Labute approximate surface area is 171 Å². The summed E-state index contributed by atoms with van der Waals surface area (Å²) in [5.74, 6) is 0. The van der Waals surface area contributed by atoms with Crippen LogP contribution >= 0.6 is 0 Å². The highest BCUT2D eigenvalue weighted by Crippen LogP contribution is 2.32. The van der Waals surface area contributed by atoms with Gasteiger partial charge in [-0.25, -0.2) is 0 Å². The van der Waals surface area contributed by atoms with E-state index in [9.17, 15) is 5.11 Å². The smallest absolute Gasteiger partial charge is 0.152 e. The molecule has 3 heterocycles. The molecule has 0 spiro atoms. The van der Waals surface area contributed by atoms with Crippen molar-refractivity contribution in [3.05, 3.63) is 65.4 Å². The number of benzene rings is 2. The fraction of sp³-hybridized carbons (Fsp3) is 0.333. The first kappa shape index (κ1) is 18.4. The van der Waals surface area contributed by atoms with Gasteiger partial charge in [0.2, 0.25) is 0 Å². The fourth-order valence-corrected chi connectivity index (χ4v) is 4.55. The highest BCUT2D eigenvalue weighted by Gasteiger charge is 2.21. The lowest BCUT2D eigenvalue weighted by atomic mass is 10.0. The number of anilines is 1.